The molecule has 21 nitrogen and oxygen atoms in total. The molecular weight excluding hydrogens is 1090 g/mol. The van der Waals surface area contributed by atoms with Crippen molar-refractivity contribution in [3.63, 3.8) is 0 Å². The molecule has 1 aliphatic heterocycles. The maximum absolute atomic E-state index is 15.4. The SMILES string of the molecule is CC(C)(C)OC(=O)N[C@@H](CC(N)=O)C(=O)CCCCN(C(=O)CSC[C@H](CC(=O)CCOCCOCCOCCOCCNC(=O)CN1C(=O)C=CC1=O)C(=O)O)[C@@H](c1cc(-c2cc(F)ccc2F)cn1Cc1ccccc1)C(C)(C)C. The third-order valence-electron chi connectivity index (χ3n) is 12.4. The number of rotatable bonds is 38. The average molecular weight is 1170 g/mol. The maximum atomic E-state index is 15.4. The number of benzene rings is 2. The number of carboxylic acid groups (broad SMARTS) is 1. The first-order chi connectivity index (χ1) is 38.8. The zero-order valence-corrected chi connectivity index (χ0v) is 48.4. The Morgan fingerprint density at radius 3 is 2.00 bits per heavy atom. The molecule has 3 aromatic rings. The molecule has 450 valence electrons. The van der Waals surface area contributed by atoms with Crippen molar-refractivity contribution in [1.29, 1.82) is 0 Å². The van der Waals surface area contributed by atoms with Crippen LogP contribution >= 0.6 is 11.8 Å². The largest absolute Gasteiger partial charge is 0.481 e. The van der Waals surface area contributed by atoms with E-state index in [0.717, 1.165) is 52.6 Å². The maximum Gasteiger partial charge on any atom is 0.408 e. The Kier molecular flexibility index (Phi) is 28.0. The number of ether oxygens (including phenoxy) is 5. The van der Waals surface area contributed by atoms with Crippen LogP contribution in [0.5, 0.6) is 0 Å². The number of hydrogen-bond acceptors (Lipinski definition) is 15. The fourth-order valence-electron chi connectivity index (χ4n) is 8.62. The Labute approximate surface area is 481 Å². The normalized spacial score (nSPS) is 13.6. The molecular formula is C58H78F2N6O15S. The smallest absolute Gasteiger partial charge is 0.408 e. The molecule has 0 saturated carbocycles. The third-order valence-corrected chi connectivity index (χ3v) is 13.5. The molecule has 0 fully saturated rings. The highest BCUT2D eigenvalue weighted by molar-refractivity contribution is 7.99. The third kappa shape index (κ3) is 24.3. The van der Waals surface area contributed by atoms with Crippen LogP contribution in [0.2, 0.25) is 0 Å². The Morgan fingerprint density at radius 2 is 1.40 bits per heavy atom. The summed E-state index contributed by atoms with van der Waals surface area (Å²) in [5, 5.41) is 15.2. The van der Waals surface area contributed by atoms with Gasteiger partial charge in [-0.2, -0.15) is 11.8 Å². The molecule has 6 amide bonds. The predicted octanol–water partition coefficient (Wildman–Crippen LogP) is 5.80. The van der Waals surface area contributed by atoms with Crippen LogP contribution in [0.15, 0.2) is 72.9 Å². The fourth-order valence-corrected chi connectivity index (χ4v) is 9.63. The number of carbonyl (C=O) groups is 9. The zero-order chi connectivity index (χ0) is 60.4. The molecule has 3 atom stereocenters. The fraction of sp³-hybridized carbons (Fsp3) is 0.534. The van der Waals surface area contributed by atoms with Crippen LogP contribution in [0.1, 0.15) is 97.4 Å². The molecule has 1 aromatic heterocycles. The standard InChI is InChI=1S/C58H78F2N6O15S/c1-57(2,3)54(47-31-40(44-32-42(59)15-16-45(44)60)35-64(47)34-39-12-8-7-9-13-39)65(21-11-10-14-48(68)46(33-49(61)69)63-56(76)81-58(4,5)6)53(73)38-82-37-41(55(74)75)30-43(67)19-22-77-24-26-79-28-29-80-27-25-78-23-20-62-50(70)36-66-51(71)17-18-52(66)72/h7-9,12-13,15-18,31-32,35,41,46,54H,10-11,14,19-30,33-34,36-38H2,1-6H3,(H2,61,69)(H,62,70)(H,63,76)(H,74,75)/t41-,46-,54-/m0/s1. The Bertz CT molecular complexity index is 2660. The van der Waals surface area contributed by atoms with Crippen LogP contribution in [0.3, 0.4) is 0 Å². The molecule has 1 aliphatic rings. The molecule has 2 heterocycles. The van der Waals surface area contributed by atoms with Gasteiger partial charge in [-0.1, -0.05) is 51.1 Å². The van der Waals surface area contributed by atoms with Crippen molar-refractivity contribution < 1.29 is 80.7 Å². The minimum Gasteiger partial charge on any atom is -0.481 e. The van der Waals surface area contributed by atoms with E-state index in [0.29, 0.717) is 17.8 Å². The number of unbranched alkanes of at least 4 members (excludes halogenated alkanes) is 1. The number of thioether (sulfide) groups is 1. The number of aromatic nitrogens is 1. The van der Waals surface area contributed by atoms with Crippen molar-refractivity contribution >= 4 is 64.9 Å². The van der Waals surface area contributed by atoms with Gasteiger partial charge in [0.05, 0.1) is 83.0 Å². The van der Waals surface area contributed by atoms with E-state index >= 15 is 4.39 Å². The molecule has 5 N–H and O–H groups in total. The zero-order valence-electron chi connectivity index (χ0n) is 47.5. The van der Waals surface area contributed by atoms with Crippen molar-refractivity contribution in [1.82, 2.24) is 25.0 Å². The van der Waals surface area contributed by atoms with Gasteiger partial charge in [-0.25, -0.2) is 13.6 Å². The molecule has 4 rings (SSSR count). The summed E-state index contributed by atoms with van der Waals surface area (Å²) < 4.78 is 59.2. The average Bonchev–Trinajstić information content (AvgIpc) is 3.96. The second-order valence-corrected chi connectivity index (χ2v) is 22.5. The number of amides is 6. The highest BCUT2D eigenvalue weighted by Gasteiger charge is 2.38. The number of nitrogens with one attached hydrogen (secondary N) is 2. The second kappa shape index (κ2) is 33.9. The first-order valence-corrected chi connectivity index (χ1v) is 28.2. The summed E-state index contributed by atoms with van der Waals surface area (Å²) in [6.07, 6.45) is 2.55. The Morgan fingerprint density at radius 1 is 0.780 bits per heavy atom. The van der Waals surface area contributed by atoms with Crippen molar-refractivity contribution in [3.8, 4) is 11.1 Å². The summed E-state index contributed by atoms with van der Waals surface area (Å²) in [7, 11) is 0. The van der Waals surface area contributed by atoms with Crippen molar-refractivity contribution in [2.45, 2.75) is 104 Å². The number of imide groups is 1. The Balaban J connectivity index is 1.33. The van der Waals surface area contributed by atoms with E-state index in [1.54, 1.807) is 37.9 Å². The minimum absolute atomic E-state index is 0.0145. The molecule has 0 aliphatic carbocycles. The molecule has 0 spiro atoms. The number of Topliss-reactive ketones (excluding diaryl/α,β-unsaturated/α-hetero) is 2. The first kappa shape index (κ1) is 67.6. The number of nitrogens with two attached hydrogens (primary N) is 1. The number of halogens is 2. The lowest BCUT2D eigenvalue weighted by molar-refractivity contribution is -0.143. The van der Waals surface area contributed by atoms with Gasteiger partial charge in [-0.15, -0.1) is 0 Å². The summed E-state index contributed by atoms with van der Waals surface area (Å²) in [6.45, 7) is 12.6. The number of carboxylic acids is 1. The van der Waals surface area contributed by atoms with Gasteiger partial charge in [0.25, 0.3) is 11.8 Å². The molecule has 82 heavy (non-hydrogen) atoms. The van der Waals surface area contributed by atoms with Crippen LogP contribution in [0.25, 0.3) is 11.1 Å². The van der Waals surface area contributed by atoms with Crippen LogP contribution in [-0.2, 0) is 68.6 Å². The van der Waals surface area contributed by atoms with Gasteiger partial charge in [-0.3, -0.25) is 43.3 Å². The molecule has 0 bridgehead atoms. The lowest BCUT2D eigenvalue weighted by Gasteiger charge is -2.41. The number of primary amides is 1. The van der Waals surface area contributed by atoms with Gasteiger partial charge >= 0.3 is 12.1 Å². The van der Waals surface area contributed by atoms with E-state index in [1.165, 1.54) is 0 Å². The monoisotopic (exact) mass is 1170 g/mol. The summed E-state index contributed by atoms with van der Waals surface area (Å²) in [6, 6.07) is 12.3. The van der Waals surface area contributed by atoms with Gasteiger partial charge in [0, 0.05) is 79.8 Å². The number of ketones is 2. The van der Waals surface area contributed by atoms with E-state index in [-0.39, 0.29) is 127 Å². The summed E-state index contributed by atoms with van der Waals surface area (Å²) in [5.41, 5.74) is 5.69. The number of aliphatic carboxylic acids is 1. The van der Waals surface area contributed by atoms with Crippen molar-refractivity contribution in [3.05, 3.63) is 95.8 Å². The highest BCUT2D eigenvalue weighted by Crippen LogP contribution is 2.42. The molecule has 0 unspecified atom stereocenters. The van der Waals surface area contributed by atoms with Crippen LogP contribution in [-0.4, -0.2) is 168 Å². The van der Waals surface area contributed by atoms with E-state index in [4.69, 9.17) is 29.4 Å². The van der Waals surface area contributed by atoms with Gasteiger partial charge in [-0.05, 0) is 68.9 Å². The predicted molar refractivity (Wildman–Crippen MR) is 300 cm³/mol. The number of nitrogens with zero attached hydrogens (tertiary/aromatic N) is 3. The Hall–Kier alpha value is -6.86. The van der Waals surface area contributed by atoms with Crippen LogP contribution < -0.4 is 16.4 Å². The van der Waals surface area contributed by atoms with Gasteiger partial charge < -0.3 is 54.6 Å². The van der Waals surface area contributed by atoms with E-state index < -0.39 is 94.5 Å². The van der Waals surface area contributed by atoms with Crippen LogP contribution in [0.4, 0.5) is 13.6 Å². The summed E-state index contributed by atoms with van der Waals surface area (Å²) in [4.78, 5) is 116. The molecule has 24 heteroatoms. The number of carbonyl (C=O) groups excluding carboxylic acids is 8. The lowest BCUT2D eigenvalue weighted by Crippen LogP contribution is -2.45. The quantitative estimate of drug-likeness (QED) is 0.0390. The van der Waals surface area contributed by atoms with Crippen molar-refractivity contribution in [2.24, 2.45) is 17.1 Å². The van der Waals surface area contributed by atoms with Gasteiger partial charge in [0.1, 0.15) is 29.6 Å². The molecule has 0 radical (unpaired) electrons. The topological polar surface area (TPSA) is 281 Å². The molecule has 2 aromatic carbocycles. The van der Waals surface area contributed by atoms with Crippen LogP contribution in [0, 0.1) is 23.0 Å². The van der Waals surface area contributed by atoms with E-state index in [2.05, 4.69) is 10.6 Å². The number of hydrogen-bond donors (Lipinski definition) is 4. The van der Waals surface area contributed by atoms with E-state index in [1.807, 2.05) is 55.7 Å². The van der Waals surface area contributed by atoms with E-state index in [9.17, 15) is 52.6 Å². The summed E-state index contributed by atoms with van der Waals surface area (Å²) in [5.74, 6) is -7.53. The highest BCUT2D eigenvalue weighted by atomic mass is 32.2. The number of alkyl carbamates (subject to hydrolysis) is 1. The van der Waals surface area contributed by atoms with Crippen molar-refractivity contribution in [2.75, 3.05) is 84.0 Å². The first-order valence-electron chi connectivity index (χ1n) is 27.1. The minimum atomic E-state index is -1.26. The summed E-state index contributed by atoms with van der Waals surface area (Å²) >= 11 is 1.05. The van der Waals surface area contributed by atoms with Gasteiger partial charge in [0.15, 0.2) is 5.78 Å². The second-order valence-electron chi connectivity index (χ2n) is 21.5. The molecule has 0 saturated heterocycles. The lowest BCUT2D eigenvalue weighted by atomic mass is 9.82. The van der Waals surface area contributed by atoms with Gasteiger partial charge in [0.2, 0.25) is 17.7 Å².